The van der Waals surface area contributed by atoms with Gasteiger partial charge in [0.2, 0.25) is 0 Å². The van der Waals surface area contributed by atoms with Crippen LogP contribution in [0, 0.1) is 11.5 Å². The molecule has 0 amide bonds. The Morgan fingerprint density at radius 1 is 0.963 bits per heavy atom. The largest absolute Gasteiger partial charge is 0.436 e. The fourth-order valence-electron chi connectivity index (χ4n) is 1.99. The molecular formula is C16H12Cl2F6N2Si. The summed E-state index contributed by atoms with van der Waals surface area (Å²) in [6, 6.07) is 1.15. The molecule has 0 unspecified atom stereocenters. The summed E-state index contributed by atoms with van der Waals surface area (Å²) in [5.41, 5.74) is -0.290. The third kappa shape index (κ3) is 5.21. The van der Waals surface area contributed by atoms with Gasteiger partial charge in [-0.2, -0.15) is 31.4 Å². The Kier molecular flexibility index (Phi) is 5.68. The zero-order chi connectivity index (χ0) is 20.8. The predicted molar refractivity (Wildman–Crippen MR) is 93.8 cm³/mol. The van der Waals surface area contributed by atoms with E-state index in [1.807, 2.05) is 19.6 Å². The van der Waals surface area contributed by atoms with E-state index in [0.29, 0.717) is 16.8 Å². The van der Waals surface area contributed by atoms with Gasteiger partial charge in [-0.1, -0.05) is 48.8 Å². The highest BCUT2D eigenvalue weighted by Gasteiger charge is 2.38. The van der Waals surface area contributed by atoms with Gasteiger partial charge in [-0.25, -0.2) is 4.68 Å². The molecule has 2 aromatic rings. The Labute approximate surface area is 162 Å². The summed E-state index contributed by atoms with van der Waals surface area (Å²) in [5, 5.41) is 2.44. The number of halogens is 8. The zero-order valence-corrected chi connectivity index (χ0v) is 16.7. The highest BCUT2D eigenvalue weighted by atomic mass is 35.5. The Hall–Kier alpha value is -1.63. The van der Waals surface area contributed by atoms with Crippen LogP contribution in [0.1, 0.15) is 16.8 Å². The number of alkyl halides is 6. The molecule has 0 atom stereocenters. The lowest BCUT2D eigenvalue weighted by molar-refractivity contribution is -0.141. The van der Waals surface area contributed by atoms with Crippen molar-refractivity contribution in [2.24, 2.45) is 0 Å². The number of hydrogen-bond donors (Lipinski definition) is 0. The fourth-order valence-corrected chi connectivity index (χ4v) is 3.16. The quantitative estimate of drug-likeness (QED) is 0.281. The van der Waals surface area contributed by atoms with Gasteiger partial charge in [-0.3, -0.25) is 0 Å². The van der Waals surface area contributed by atoms with Crippen molar-refractivity contribution in [3.8, 4) is 17.2 Å². The van der Waals surface area contributed by atoms with Crippen molar-refractivity contribution in [3.05, 3.63) is 45.2 Å². The summed E-state index contributed by atoms with van der Waals surface area (Å²) in [5.74, 6) is 2.47. The molecule has 0 radical (unpaired) electrons. The minimum Gasteiger partial charge on any atom is -0.236 e. The first-order valence-corrected chi connectivity index (χ1v) is 11.6. The molecule has 0 aliphatic carbocycles. The van der Waals surface area contributed by atoms with Gasteiger partial charge >= 0.3 is 12.4 Å². The van der Waals surface area contributed by atoms with Crippen LogP contribution in [0.3, 0.4) is 0 Å². The van der Waals surface area contributed by atoms with Crippen molar-refractivity contribution in [1.82, 2.24) is 9.78 Å². The normalized spacial score (nSPS) is 12.7. The Morgan fingerprint density at radius 3 is 1.89 bits per heavy atom. The van der Waals surface area contributed by atoms with Crippen molar-refractivity contribution in [2.45, 2.75) is 32.0 Å². The maximum atomic E-state index is 13.3. The molecule has 0 saturated carbocycles. The van der Waals surface area contributed by atoms with E-state index >= 15 is 0 Å². The van der Waals surface area contributed by atoms with Gasteiger partial charge in [0.05, 0.1) is 21.2 Å². The van der Waals surface area contributed by atoms with E-state index in [9.17, 15) is 26.3 Å². The lowest BCUT2D eigenvalue weighted by Crippen LogP contribution is -2.16. The maximum Gasteiger partial charge on any atom is 0.436 e. The van der Waals surface area contributed by atoms with E-state index in [-0.39, 0.29) is 5.69 Å². The number of rotatable bonds is 1. The molecule has 146 valence electrons. The smallest absolute Gasteiger partial charge is 0.236 e. The van der Waals surface area contributed by atoms with Crippen LogP contribution in [0.25, 0.3) is 5.69 Å². The van der Waals surface area contributed by atoms with Gasteiger partial charge in [-0.05, 0) is 12.1 Å². The molecule has 0 aliphatic heterocycles. The van der Waals surface area contributed by atoms with E-state index in [1.165, 1.54) is 0 Å². The van der Waals surface area contributed by atoms with E-state index < -0.39 is 47.3 Å². The topological polar surface area (TPSA) is 17.8 Å². The van der Waals surface area contributed by atoms with Gasteiger partial charge in [0.1, 0.15) is 13.8 Å². The minimum absolute atomic E-state index is 0.294. The lowest BCUT2D eigenvalue weighted by atomic mass is 10.2. The molecule has 1 aromatic carbocycles. The molecule has 2 nitrogen and oxygen atoms in total. The first-order chi connectivity index (χ1) is 12.1. The van der Waals surface area contributed by atoms with Crippen LogP contribution in [0.4, 0.5) is 26.3 Å². The van der Waals surface area contributed by atoms with Crippen molar-refractivity contribution >= 4 is 31.3 Å². The molecule has 27 heavy (non-hydrogen) atoms. The maximum absolute atomic E-state index is 13.3. The zero-order valence-electron chi connectivity index (χ0n) is 14.2. The summed E-state index contributed by atoms with van der Waals surface area (Å²) < 4.78 is 79.0. The van der Waals surface area contributed by atoms with Gasteiger partial charge in [-0.15, -0.1) is 5.54 Å². The van der Waals surface area contributed by atoms with E-state index in [2.05, 4.69) is 16.6 Å². The fraction of sp³-hybridized carbons (Fsp3) is 0.312. The van der Waals surface area contributed by atoms with Crippen molar-refractivity contribution in [2.75, 3.05) is 0 Å². The van der Waals surface area contributed by atoms with Crippen LogP contribution in [0.2, 0.25) is 29.7 Å². The molecule has 0 bridgehead atoms. The summed E-state index contributed by atoms with van der Waals surface area (Å²) in [7, 11) is -1.98. The van der Waals surface area contributed by atoms with Crippen molar-refractivity contribution in [3.63, 3.8) is 0 Å². The summed E-state index contributed by atoms with van der Waals surface area (Å²) in [4.78, 5) is 0. The highest BCUT2D eigenvalue weighted by molar-refractivity contribution is 6.83. The number of hydrogen-bond acceptors (Lipinski definition) is 1. The second-order valence-electron chi connectivity index (χ2n) is 6.62. The summed E-state index contributed by atoms with van der Waals surface area (Å²) >= 11 is 11.7. The molecule has 0 saturated heterocycles. The minimum atomic E-state index is -4.81. The molecule has 0 N–H and O–H groups in total. The Bertz CT molecular complexity index is 907. The van der Waals surface area contributed by atoms with E-state index in [4.69, 9.17) is 23.2 Å². The second-order valence-corrected chi connectivity index (χ2v) is 12.2. The first kappa shape index (κ1) is 21.7. The van der Waals surface area contributed by atoms with E-state index in [0.717, 1.165) is 6.20 Å². The van der Waals surface area contributed by atoms with Gasteiger partial charge < -0.3 is 0 Å². The Morgan fingerprint density at radius 2 is 1.48 bits per heavy atom. The van der Waals surface area contributed by atoms with Crippen LogP contribution < -0.4 is 0 Å². The molecule has 0 spiro atoms. The molecule has 0 aliphatic rings. The third-order valence-corrected chi connectivity index (χ3v) is 4.58. The molecule has 2 rings (SSSR count). The molecule has 0 fully saturated rings. The molecule has 1 aromatic heterocycles. The van der Waals surface area contributed by atoms with Crippen LogP contribution >= 0.6 is 23.2 Å². The first-order valence-electron chi connectivity index (χ1n) is 7.36. The second kappa shape index (κ2) is 7.07. The van der Waals surface area contributed by atoms with E-state index in [1.54, 1.807) is 0 Å². The number of nitrogens with zero attached hydrogens (tertiary/aromatic N) is 2. The van der Waals surface area contributed by atoms with Crippen LogP contribution in [0.5, 0.6) is 0 Å². The standard InChI is InChI=1S/C16H12Cl2F6N2Si/c1-27(2,3)5-4-9-8-26(25-14(9)16(22,23)24)13-11(17)6-10(7-12(13)18)15(19,20)21/h6-8H,1-3H3. The SMILES string of the molecule is C[Si](C)(C)C#Cc1cn(-c2c(Cl)cc(C(F)(F)F)cc2Cl)nc1C(F)(F)F. The van der Waals surface area contributed by atoms with Crippen LogP contribution in [-0.4, -0.2) is 17.9 Å². The van der Waals surface area contributed by atoms with Crippen LogP contribution in [-0.2, 0) is 12.4 Å². The molecule has 11 heteroatoms. The van der Waals surface area contributed by atoms with Crippen LogP contribution in [0.15, 0.2) is 18.3 Å². The monoisotopic (exact) mass is 444 g/mol. The van der Waals surface area contributed by atoms with Gasteiger partial charge in [0.25, 0.3) is 0 Å². The van der Waals surface area contributed by atoms with Gasteiger partial charge in [0.15, 0.2) is 5.69 Å². The van der Waals surface area contributed by atoms with Crippen molar-refractivity contribution in [1.29, 1.82) is 0 Å². The van der Waals surface area contributed by atoms with Gasteiger partial charge in [0, 0.05) is 6.20 Å². The predicted octanol–water partition coefficient (Wildman–Crippen LogP) is 6.45. The summed E-state index contributed by atoms with van der Waals surface area (Å²) in [6.45, 7) is 5.55. The average Bonchev–Trinajstić information content (AvgIpc) is 2.86. The number of aromatic nitrogens is 2. The third-order valence-electron chi connectivity index (χ3n) is 3.13. The average molecular weight is 445 g/mol. The lowest BCUT2D eigenvalue weighted by Gasteiger charge is -2.12. The Balaban J connectivity index is 2.67. The molecule has 1 heterocycles. The molecular weight excluding hydrogens is 433 g/mol. The van der Waals surface area contributed by atoms with Crippen molar-refractivity contribution < 1.29 is 26.3 Å². The highest BCUT2D eigenvalue weighted by Crippen LogP contribution is 2.38. The number of benzene rings is 1. The summed E-state index contributed by atoms with van der Waals surface area (Å²) in [6.07, 6.45) is -8.56.